The Morgan fingerprint density at radius 2 is 2.43 bits per heavy atom. The smallest absolute Gasteiger partial charge is 0.293 e. The van der Waals surface area contributed by atoms with E-state index in [1.165, 1.54) is 0 Å². The van der Waals surface area contributed by atoms with Gasteiger partial charge >= 0.3 is 0 Å². The van der Waals surface area contributed by atoms with Gasteiger partial charge in [0.1, 0.15) is 0 Å². The van der Waals surface area contributed by atoms with Crippen molar-refractivity contribution in [3.63, 3.8) is 0 Å². The molecule has 6 nitrogen and oxygen atoms in total. The highest BCUT2D eigenvalue weighted by Crippen LogP contribution is 2.38. The van der Waals surface area contributed by atoms with Crippen molar-refractivity contribution in [2.24, 2.45) is 0 Å². The Hall–Kier alpha value is -1.43. The van der Waals surface area contributed by atoms with Crippen molar-refractivity contribution >= 4 is 5.91 Å². The van der Waals surface area contributed by atoms with Crippen LogP contribution in [0.1, 0.15) is 35.3 Å². The van der Waals surface area contributed by atoms with Crippen molar-refractivity contribution in [2.45, 2.75) is 18.8 Å². The van der Waals surface area contributed by atoms with Crippen LogP contribution < -0.4 is 10.6 Å². The molecule has 1 saturated carbocycles. The van der Waals surface area contributed by atoms with E-state index >= 15 is 0 Å². The second-order valence-corrected chi connectivity index (χ2v) is 3.27. The summed E-state index contributed by atoms with van der Waals surface area (Å²) < 4.78 is 4.95. The predicted molar refractivity (Wildman–Crippen MR) is 47.7 cm³/mol. The molecule has 0 aromatic carbocycles. The molecule has 0 spiro atoms. The third-order valence-electron chi connectivity index (χ3n) is 2.00. The molecule has 1 aliphatic rings. The van der Waals surface area contributed by atoms with E-state index in [-0.39, 0.29) is 11.7 Å². The minimum absolute atomic E-state index is 0.113. The van der Waals surface area contributed by atoms with Crippen LogP contribution in [0.4, 0.5) is 0 Å². The van der Waals surface area contributed by atoms with Crippen molar-refractivity contribution in [3.05, 3.63) is 11.7 Å². The number of carbonyl (C=O) groups excluding carboxylic acids is 1. The molecule has 1 aromatic heterocycles. The van der Waals surface area contributed by atoms with Crippen LogP contribution in [-0.4, -0.2) is 29.8 Å². The van der Waals surface area contributed by atoms with Gasteiger partial charge in [0, 0.05) is 5.92 Å². The van der Waals surface area contributed by atoms with E-state index in [4.69, 9.17) is 4.52 Å². The molecule has 6 heteroatoms. The summed E-state index contributed by atoms with van der Waals surface area (Å²) in [7, 11) is 1.74. The number of aromatic nitrogens is 2. The number of hydrogen-bond donors (Lipinski definition) is 2. The van der Waals surface area contributed by atoms with Crippen molar-refractivity contribution in [3.8, 4) is 0 Å². The minimum Gasteiger partial charge on any atom is -0.338 e. The van der Waals surface area contributed by atoms with Crippen LogP contribution in [0.5, 0.6) is 0 Å². The summed E-state index contributed by atoms with van der Waals surface area (Å²) in [4.78, 5) is 15.3. The van der Waals surface area contributed by atoms with Crippen LogP contribution in [0.25, 0.3) is 0 Å². The minimum atomic E-state index is -0.310. The van der Waals surface area contributed by atoms with Gasteiger partial charge in [-0.1, -0.05) is 5.16 Å². The van der Waals surface area contributed by atoms with Gasteiger partial charge in [-0.25, -0.2) is 0 Å². The molecule has 1 aromatic rings. The molecule has 2 rings (SSSR count). The van der Waals surface area contributed by atoms with Gasteiger partial charge in [-0.05, 0) is 19.9 Å². The lowest BCUT2D eigenvalue weighted by molar-refractivity contribution is 0.0938. The van der Waals surface area contributed by atoms with Gasteiger partial charge in [0.2, 0.25) is 5.89 Å². The second-order valence-electron chi connectivity index (χ2n) is 3.27. The van der Waals surface area contributed by atoms with E-state index in [9.17, 15) is 4.79 Å². The van der Waals surface area contributed by atoms with Gasteiger partial charge in [0.15, 0.2) is 0 Å². The molecule has 1 aliphatic carbocycles. The van der Waals surface area contributed by atoms with Crippen molar-refractivity contribution in [1.82, 2.24) is 20.8 Å². The lowest BCUT2D eigenvalue weighted by Gasteiger charge is -1.98. The first-order valence-corrected chi connectivity index (χ1v) is 4.57. The summed E-state index contributed by atoms with van der Waals surface area (Å²) in [5.74, 6) is 0.769. The normalized spacial score (nSPS) is 15.5. The van der Waals surface area contributed by atoms with E-state index < -0.39 is 0 Å². The summed E-state index contributed by atoms with van der Waals surface area (Å²) in [5, 5.41) is 8.98. The Labute approximate surface area is 81.1 Å². The fraction of sp³-hybridized carbons (Fsp3) is 0.625. The van der Waals surface area contributed by atoms with E-state index in [1.54, 1.807) is 7.05 Å². The zero-order valence-corrected chi connectivity index (χ0v) is 7.91. The molecule has 0 saturated heterocycles. The van der Waals surface area contributed by atoms with Crippen LogP contribution >= 0.6 is 0 Å². The molecule has 0 aliphatic heterocycles. The second kappa shape index (κ2) is 3.75. The average Bonchev–Trinajstić information content (AvgIpc) is 2.93. The Kier molecular flexibility index (Phi) is 2.45. The average molecular weight is 196 g/mol. The van der Waals surface area contributed by atoms with Gasteiger partial charge in [-0.3, -0.25) is 4.79 Å². The SMILES string of the molecule is CNCNC(=O)c1noc(C2CC2)n1. The Balaban J connectivity index is 1.97. The molecule has 76 valence electrons. The summed E-state index contributed by atoms with van der Waals surface area (Å²) in [6.45, 7) is 0.395. The number of carbonyl (C=O) groups is 1. The fourth-order valence-electron chi connectivity index (χ4n) is 1.07. The van der Waals surface area contributed by atoms with Crippen molar-refractivity contribution in [1.29, 1.82) is 0 Å². The Morgan fingerprint density at radius 1 is 1.64 bits per heavy atom. The van der Waals surface area contributed by atoms with E-state index in [2.05, 4.69) is 20.8 Å². The molecule has 1 heterocycles. The molecule has 14 heavy (non-hydrogen) atoms. The molecule has 0 radical (unpaired) electrons. The van der Waals surface area contributed by atoms with Gasteiger partial charge in [-0.2, -0.15) is 4.98 Å². The number of nitrogens with zero attached hydrogens (tertiary/aromatic N) is 2. The third kappa shape index (κ3) is 1.90. The quantitative estimate of drug-likeness (QED) is 0.655. The first-order chi connectivity index (χ1) is 6.81. The molecule has 0 unspecified atom stereocenters. The molecule has 0 bridgehead atoms. The first-order valence-electron chi connectivity index (χ1n) is 4.57. The lowest BCUT2D eigenvalue weighted by atomic mass is 10.4. The number of nitrogens with one attached hydrogen (secondary N) is 2. The predicted octanol–water partition coefficient (Wildman–Crippen LogP) is -0.146. The van der Waals surface area contributed by atoms with Gasteiger partial charge in [0.25, 0.3) is 11.7 Å². The van der Waals surface area contributed by atoms with Gasteiger partial charge in [0.05, 0.1) is 6.67 Å². The topological polar surface area (TPSA) is 80.0 Å². The lowest BCUT2D eigenvalue weighted by Crippen LogP contribution is -2.32. The number of hydrogen-bond acceptors (Lipinski definition) is 5. The van der Waals surface area contributed by atoms with Crippen molar-refractivity contribution < 1.29 is 9.32 Å². The van der Waals surface area contributed by atoms with Crippen LogP contribution in [0.15, 0.2) is 4.52 Å². The van der Waals surface area contributed by atoms with Crippen LogP contribution in [0.2, 0.25) is 0 Å². The number of rotatable bonds is 4. The molecular formula is C8H12N4O2. The first kappa shape index (κ1) is 9.14. The summed E-state index contributed by atoms with van der Waals surface area (Å²) >= 11 is 0. The highest BCUT2D eigenvalue weighted by molar-refractivity contribution is 5.90. The van der Waals surface area contributed by atoms with Crippen LogP contribution in [0.3, 0.4) is 0 Å². The zero-order valence-electron chi connectivity index (χ0n) is 7.91. The van der Waals surface area contributed by atoms with Gasteiger partial charge < -0.3 is 15.2 Å². The highest BCUT2D eigenvalue weighted by atomic mass is 16.5. The fourth-order valence-corrected chi connectivity index (χ4v) is 1.07. The molecular weight excluding hydrogens is 184 g/mol. The number of amides is 1. The van der Waals surface area contributed by atoms with E-state index in [0.29, 0.717) is 18.5 Å². The third-order valence-corrected chi connectivity index (χ3v) is 2.00. The Bertz CT molecular complexity index is 332. The van der Waals surface area contributed by atoms with Gasteiger partial charge in [-0.15, -0.1) is 0 Å². The highest BCUT2D eigenvalue weighted by Gasteiger charge is 2.30. The molecule has 0 atom stereocenters. The van der Waals surface area contributed by atoms with Crippen LogP contribution in [-0.2, 0) is 0 Å². The molecule has 1 fully saturated rings. The maximum absolute atomic E-state index is 11.3. The van der Waals surface area contributed by atoms with E-state index in [0.717, 1.165) is 12.8 Å². The zero-order chi connectivity index (χ0) is 9.97. The summed E-state index contributed by atoms with van der Waals surface area (Å²) in [6.07, 6.45) is 2.17. The maximum atomic E-state index is 11.3. The maximum Gasteiger partial charge on any atom is 0.293 e. The molecule has 1 amide bonds. The Morgan fingerprint density at radius 3 is 3.07 bits per heavy atom. The standard InChI is InChI=1S/C8H12N4O2/c1-9-4-10-7(13)6-11-8(14-12-6)5-2-3-5/h5,9H,2-4H2,1H3,(H,10,13). The largest absolute Gasteiger partial charge is 0.338 e. The monoisotopic (exact) mass is 196 g/mol. The molecule has 2 N–H and O–H groups in total. The van der Waals surface area contributed by atoms with Crippen molar-refractivity contribution in [2.75, 3.05) is 13.7 Å². The summed E-state index contributed by atoms with van der Waals surface area (Å²) in [6, 6.07) is 0. The van der Waals surface area contributed by atoms with E-state index in [1.807, 2.05) is 0 Å². The summed E-state index contributed by atoms with van der Waals surface area (Å²) in [5.41, 5.74) is 0. The van der Waals surface area contributed by atoms with Crippen LogP contribution in [0, 0.1) is 0 Å².